The van der Waals surface area contributed by atoms with E-state index in [0.717, 1.165) is 0 Å². The van der Waals surface area contributed by atoms with Gasteiger partial charge in [-0.2, -0.15) is 0 Å². The maximum atomic E-state index is 12.0. The van der Waals surface area contributed by atoms with Crippen molar-refractivity contribution in [2.24, 2.45) is 0 Å². The molecule has 0 radical (unpaired) electrons. The zero-order valence-corrected chi connectivity index (χ0v) is 10.5. The van der Waals surface area contributed by atoms with Crippen LogP contribution in [0.1, 0.15) is 23.2 Å². The van der Waals surface area contributed by atoms with Crippen LogP contribution in [0.15, 0.2) is 18.2 Å². The Balaban J connectivity index is 2.08. The molecule has 19 heavy (non-hydrogen) atoms. The van der Waals surface area contributed by atoms with E-state index in [4.69, 9.17) is 4.74 Å². The Labute approximate surface area is 110 Å². The van der Waals surface area contributed by atoms with E-state index in [1.165, 1.54) is 19.2 Å². The van der Waals surface area contributed by atoms with Crippen molar-refractivity contribution in [1.29, 1.82) is 0 Å². The molecule has 0 spiro atoms. The van der Waals surface area contributed by atoms with E-state index in [1.54, 1.807) is 6.07 Å². The second-order valence-corrected chi connectivity index (χ2v) is 4.60. The maximum Gasteiger partial charge on any atom is 0.255 e. The quantitative estimate of drug-likeness (QED) is 0.618. The fourth-order valence-corrected chi connectivity index (χ4v) is 2.19. The lowest BCUT2D eigenvalue weighted by Gasteiger charge is -2.18. The Hall–Kier alpha value is -1.79. The Kier molecular flexibility index (Phi) is 3.92. The van der Waals surface area contributed by atoms with Crippen LogP contribution in [-0.4, -0.2) is 46.6 Å². The minimum absolute atomic E-state index is 0.106. The Morgan fingerprint density at radius 3 is 2.63 bits per heavy atom. The molecule has 0 saturated heterocycles. The molecule has 1 amide bonds. The van der Waals surface area contributed by atoms with Crippen molar-refractivity contribution in [1.82, 2.24) is 5.32 Å². The average Bonchev–Trinajstić information content (AvgIpc) is 2.70. The Bertz CT molecular complexity index is 476. The van der Waals surface area contributed by atoms with Gasteiger partial charge in [-0.15, -0.1) is 0 Å². The van der Waals surface area contributed by atoms with E-state index in [1.807, 2.05) is 0 Å². The van der Waals surface area contributed by atoms with Crippen LogP contribution in [0, 0.1) is 0 Å². The molecule has 0 aromatic heterocycles. The van der Waals surface area contributed by atoms with Crippen molar-refractivity contribution < 1.29 is 24.9 Å². The molecule has 0 bridgehead atoms. The summed E-state index contributed by atoms with van der Waals surface area (Å²) >= 11 is 0. The van der Waals surface area contributed by atoms with Crippen molar-refractivity contribution in [3.8, 4) is 11.5 Å². The monoisotopic (exact) mass is 267 g/mol. The topological polar surface area (TPSA) is 99.0 Å². The number of carbonyl (C=O) groups excluding carboxylic acids is 1. The summed E-state index contributed by atoms with van der Waals surface area (Å²) in [7, 11) is 1.46. The predicted molar refractivity (Wildman–Crippen MR) is 67.2 cm³/mol. The molecule has 6 heteroatoms. The number of aliphatic hydroxyl groups is 2. The predicted octanol–water partition coefficient (Wildman–Crippen LogP) is 0.0148. The molecule has 1 fully saturated rings. The maximum absolute atomic E-state index is 12.0. The third kappa shape index (κ3) is 2.80. The smallest absolute Gasteiger partial charge is 0.255 e. The van der Waals surface area contributed by atoms with Crippen LogP contribution in [0.5, 0.6) is 11.5 Å². The first-order chi connectivity index (χ1) is 9.02. The van der Waals surface area contributed by atoms with Crippen molar-refractivity contribution in [2.75, 3.05) is 7.11 Å². The number of benzene rings is 1. The first-order valence-electron chi connectivity index (χ1n) is 6.07. The standard InChI is InChI=1S/C13H17NO5/c1-19-7-2-3-8(11(16)6-7)13(18)14-9-4-5-10(15)12(9)17/h2-3,6,9-10,12,15-17H,4-5H2,1H3,(H,14,18)/t9-,10-,12-/m1/s1. The summed E-state index contributed by atoms with van der Waals surface area (Å²) in [6.45, 7) is 0. The summed E-state index contributed by atoms with van der Waals surface area (Å²) in [6, 6.07) is 3.86. The molecule has 1 aliphatic carbocycles. The molecule has 3 atom stereocenters. The van der Waals surface area contributed by atoms with Gasteiger partial charge < -0.3 is 25.4 Å². The summed E-state index contributed by atoms with van der Waals surface area (Å²) < 4.78 is 4.93. The second kappa shape index (κ2) is 5.46. The van der Waals surface area contributed by atoms with Gasteiger partial charge in [-0.1, -0.05) is 0 Å². The van der Waals surface area contributed by atoms with Crippen molar-refractivity contribution in [2.45, 2.75) is 31.1 Å². The van der Waals surface area contributed by atoms with Crippen LogP contribution in [0.3, 0.4) is 0 Å². The van der Waals surface area contributed by atoms with E-state index in [0.29, 0.717) is 18.6 Å². The van der Waals surface area contributed by atoms with Crippen LogP contribution >= 0.6 is 0 Å². The van der Waals surface area contributed by atoms with Crippen LogP contribution in [0.4, 0.5) is 0 Å². The number of phenols is 1. The Morgan fingerprint density at radius 2 is 2.11 bits per heavy atom. The summed E-state index contributed by atoms with van der Waals surface area (Å²) in [5, 5.41) is 31.4. The largest absolute Gasteiger partial charge is 0.507 e. The normalized spacial score (nSPS) is 26.2. The highest BCUT2D eigenvalue weighted by molar-refractivity contribution is 5.97. The van der Waals surface area contributed by atoms with E-state index >= 15 is 0 Å². The fourth-order valence-electron chi connectivity index (χ4n) is 2.19. The average molecular weight is 267 g/mol. The molecule has 104 valence electrons. The number of carbonyl (C=O) groups is 1. The molecule has 1 aromatic carbocycles. The molecule has 0 heterocycles. The molecular weight excluding hydrogens is 250 g/mol. The van der Waals surface area contributed by atoms with Crippen LogP contribution < -0.4 is 10.1 Å². The third-order valence-electron chi connectivity index (χ3n) is 3.35. The highest BCUT2D eigenvalue weighted by Crippen LogP contribution is 2.25. The highest BCUT2D eigenvalue weighted by atomic mass is 16.5. The van der Waals surface area contributed by atoms with Gasteiger partial charge in [-0.25, -0.2) is 0 Å². The molecule has 0 aliphatic heterocycles. The number of methoxy groups -OCH3 is 1. The summed E-state index contributed by atoms with van der Waals surface area (Å²) in [5.41, 5.74) is 0.106. The summed E-state index contributed by atoms with van der Waals surface area (Å²) in [5.74, 6) is -0.228. The minimum Gasteiger partial charge on any atom is -0.507 e. The van der Waals surface area contributed by atoms with Gasteiger partial charge in [-0.3, -0.25) is 4.79 Å². The zero-order valence-electron chi connectivity index (χ0n) is 10.5. The minimum atomic E-state index is -0.968. The van der Waals surface area contributed by atoms with Gasteiger partial charge in [0.2, 0.25) is 0 Å². The first kappa shape index (κ1) is 13.6. The molecule has 2 rings (SSSR count). The van der Waals surface area contributed by atoms with Crippen molar-refractivity contribution in [3.05, 3.63) is 23.8 Å². The molecule has 1 aliphatic rings. The lowest BCUT2D eigenvalue weighted by molar-refractivity contribution is 0.0296. The summed E-state index contributed by atoms with van der Waals surface area (Å²) in [6.07, 6.45) is -0.829. The van der Waals surface area contributed by atoms with Gasteiger partial charge in [0.25, 0.3) is 5.91 Å². The zero-order chi connectivity index (χ0) is 14.0. The summed E-state index contributed by atoms with van der Waals surface area (Å²) in [4.78, 5) is 12.0. The molecule has 0 unspecified atom stereocenters. The first-order valence-corrected chi connectivity index (χ1v) is 6.07. The number of amides is 1. The lowest BCUT2D eigenvalue weighted by Crippen LogP contribution is -2.42. The van der Waals surface area contributed by atoms with Gasteiger partial charge in [0.05, 0.1) is 24.8 Å². The van der Waals surface area contributed by atoms with E-state index in [-0.39, 0.29) is 11.3 Å². The van der Waals surface area contributed by atoms with Crippen LogP contribution in [0.2, 0.25) is 0 Å². The lowest BCUT2D eigenvalue weighted by atomic mass is 10.1. The third-order valence-corrected chi connectivity index (χ3v) is 3.35. The molecule has 4 N–H and O–H groups in total. The van der Waals surface area contributed by atoms with E-state index in [2.05, 4.69) is 5.32 Å². The number of phenolic OH excluding ortho intramolecular Hbond substituents is 1. The van der Waals surface area contributed by atoms with Gasteiger partial charge in [0.1, 0.15) is 17.6 Å². The SMILES string of the molecule is COc1ccc(C(=O)N[C@@H]2CC[C@@H](O)[C@@H]2O)c(O)c1. The van der Waals surface area contributed by atoms with Gasteiger partial charge >= 0.3 is 0 Å². The van der Waals surface area contributed by atoms with Gasteiger partial charge in [-0.05, 0) is 25.0 Å². The Morgan fingerprint density at radius 1 is 1.37 bits per heavy atom. The molecule has 1 aromatic rings. The van der Waals surface area contributed by atoms with Crippen molar-refractivity contribution in [3.63, 3.8) is 0 Å². The number of rotatable bonds is 3. The second-order valence-electron chi connectivity index (χ2n) is 4.60. The fraction of sp³-hybridized carbons (Fsp3) is 0.462. The van der Waals surface area contributed by atoms with E-state index < -0.39 is 24.2 Å². The molecular formula is C13H17NO5. The van der Waals surface area contributed by atoms with E-state index in [9.17, 15) is 20.1 Å². The number of hydrogen-bond acceptors (Lipinski definition) is 5. The number of hydrogen-bond donors (Lipinski definition) is 4. The molecule has 1 saturated carbocycles. The van der Waals surface area contributed by atoms with Gasteiger partial charge in [0.15, 0.2) is 0 Å². The van der Waals surface area contributed by atoms with Gasteiger partial charge in [0, 0.05) is 6.07 Å². The van der Waals surface area contributed by atoms with Crippen LogP contribution in [-0.2, 0) is 0 Å². The number of aromatic hydroxyl groups is 1. The number of aliphatic hydroxyl groups excluding tert-OH is 2. The number of ether oxygens (including phenoxy) is 1. The highest BCUT2D eigenvalue weighted by Gasteiger charge is 2.34. The van der Waals surface area contributed by atoms with Crippen molar-refractivity contribution >= 4 is 5.91 Å². The number of nitrogens with one attached hydrogen (secondary N) is 1. The molecule has 6 nitrogen and oxygen atoms in total. The van der Waals surface area contributed by atoms with Crippen LogP contribution in [0.25, 0.3) is 0 Å².